The lowest BCUT2D eigenvalue weighted by atomic mass is 10.2. The molecule has 1 unspecified atom stereocenters. The van der Waals surface area contributed by atoms with E-state index < -0.39 is 5.25 Å². The summed E-state index contributed by atoms with van der Waals surface area (Å²) in [7, 11) is 0. The summed E-state index contributed by atoms with van der Waals surface area (Å²) >= 11 is 1.37. The minimum Gasteiger partial charge on any atom is -0.352 e. The minimum absolute atomic E-state index is 0.0548. The summed E-state index contributed by atoms with van der Waals surface area (Å²) in [6.45, 7) is 0.112. The molecule has 1 aliphatic heterocycles. The molecule has 1 heterocycles. The van der Waals surface area contributed by atoms with Crippen molar-refractivity contribution in [2.45, 2.75) is 23.1 Å². The number of hydrogen-bond donors (Lipinski definition) is 2. The van der Waals surface area contributed by atoms with Crippen molar-refractivity contribution in [3.63, 3.8) is 0 Å². The van der Waals surface area contributed by atoms with Crippen molar-refractivity contribution < 1.29 is 14.0 Å². The predicted molar refractivity (Wildman–Crippen MR) is 87.6 cm³/mol. The van der Waals surface area contributed by atoms with Crippen molar-refractivity contribution in [3.05, 3.63) is 59.9 Å². The molecule has 0 radical (unpaired) electrons. The van der Waals surface area contributed by atoms with E-state index in [-0.39, 0.29) is 30.6 Å². The summed E-state index contributed by atoms with van der Waals surface area (Å²) in [5, 5.41) is 4.98. The van der Waals surface area contributed by atoms with Crippen molar-refractivity contribution in [1.29, 1.82) is 0 Å². The van der Waals surface area contributed by atoms with Crippen molar-refractivity contribution in [2.24, 2.45) is 0 Å². The van der Waals surface area contributed by atoms with Crippen LogP contribution in [0.2, 0.25) is 0 Å². The van der Waals surface area contributed by atoms with Crippen LogP contribution in [-0.2, 0) is 16.1 Å². The zero-order valence-corrected chi connectivity index (χ0v) is 13.0. The van der Waals surface area contributed by atoms with E-state index in [2.05, 4.69) is 10.6 Å². The first kappa shape index (κ1) is 15.6. The molecule has 0 spiro atoms. The molecule has 23 heavy (non-hydrogen) atoms. The second-order valence-electron chi connectivity index (χ2n) is 5.16. The van der Waals surface area contributed by atoms with Gasteiger partial charge in [0.15, 0.2) is 0 Å². The lowest BCUT2D eigenvalue weighted by molar-refractivity contribution is -0.124. The Bertz CT molecular complexity index is 751. The first-order valence-electron chi connectivity index (χ1n) is 7.20. The van der Waals surface area contributed by atoms with Crippen LogP contribution in [-0.4, -0.2) is 17.1 Å². The fourth-order valence-electron chi connectivity index (χ4n) is 2.30. The summed E-state index contributed by atoms with van der Waals surface area (Å²) in [6.07, 6.45) is 0.0548. The van der Waals surface area contributed by atoms with E-state index in [4.69, 9.17) is 0 Å². The first-order valence-corrected chi connectivity index (χ1v) is 8.08. The van der Waals surface area contributed by atoms with Crippen LogP contribution >= 0.6 is 11.8 Å². The number of rotatable bonds is 4. The van der Waals surface area contributed by atoms with Crippen LogP contribution in [0, 0.1) is 5.82 Å². The van der Waals surface area contributed by atoms with Gasteiger partial charge in [-0.25, -0.2) is 4.39 Å². The molecule has 0 aliphatic carbocycles. The van der Waals surface area contributed by atoms with Crippen LogP contribution in [0.15, 0.2) is 53.4 Å². The highest BCUT2D eigenvalue weighted by Crippen LogP contribution is 2.36. The first-order chi connectivity index (χ1) is 11.1. The van der Waals surface area contributed by atoms with Gasteiger partial charge in [-0.05, 0) is 18.2 Å². The second-order valence-corrected chi connectivity index (χ2v) is 6.41. The van der Waals surface area contributed by atoms with Crippen molar-refractivity contribution in [2.75, 3.05) is 5.32 Å². The molecule has 1 aliphatic rings. The SMILES string of the molecule is O=C(CC1Sc2ccccc2NC1=O)NCc1ccccc1F. The van der Waals surface area contributed by atoms with Crippen LogP contribution < -0.4 is 10.6 Å². The van der Waals surface area contributed by atoms with Gasteiger partial charge in [0.2, 0.25) is 11.8 Å². The lowest BCUT2D eigenvalue weighted by Gasteiger charge is -2.23. The highest BCUT2D eigenvalue weighted by Gasteiger charge is 2.28. The maximum Gasteiger partial charge on any atom is 0.238 e. The molecule has 4 nitrogen and oxygen atoms in total. The fourth-order valence-corrected chi connectivity index (χ4v) is 3.41. The number of nitrogens with one attached hydrogen (secondary N) is 2. The van der Waals surface area contributed by atoms with Gasteiger partial charge < -0.3 is 10.6 Å². The molecule has 0 saturated heterocycles. The van der Waals surface area contributed by atoms with E-state index in [9.17, 15) is 14.0 Å². The van der Waals surface area contributed by atoms with Crippen LogP contribution in [0.25, 0.3) is 0 Å². The van der Waals surface area contributed by atoms with E-state index in [0.717, 1.165) is 10.6 Å². The molecule has 2 aromatic rings. The number of anilines is 1. The average molecular weight is 330 g/mol. The number of thioether (sulfide) groups is 1. The third-order valence-electron chi connectivity index (χ3n) is 3.51. The molecule has 1 atom stereocenters. The summed E-state index contributed by atoms with van der Waals surface area (Å²) in [5.74, 6) is -0.818. The molecule has 6 heteroatoms. The van der Waals surface area contributed by atoms with E-state index in [0.29, 0.717) is 5.56 Å². The Morgan fingerprint density at radius 2 is 1.91 bits per heavy atom. The molecule has 0 bridgehead atoms. The molecule has 2 N–H and O–H groups in total. The summed E-state index contributed by atoms with van der Waals surface area (Å²) in [6, 6.07) is 13.8. The molecule has 2 amide bonds. The highest BCUT2D eigenvalue weighted by molar-refractivity contribution is 8.01. The predicted octanol–water partition coefficient (Wildman–Crippen LogP) is 2.95. The van der Waals surface area contributed by atoms with Gasteiger partial charge in [0.1, 0.15) is 5.82 Å². The number of para-hydroxylation sites is 1. The van der Waals surface area contributed by atoms with Crippen LogP contribution in [0.4, 0.5) is 10.1 Å². The Labute approximate surface area is 137 Å². The Balaban J connectivity index is 1.58. The quantitative estimate of drug-likeness (QED) is 0.906. The van der Waals surface area contributed by atoms with Gasteiger partial charge in [0.25, 0.3) is 0 Å². The normalized spacial score (nSPS) is 16.4. The minimum atomic E-state index is -0.481. The molecule has 118 valence electrons. The monoisotopic (exact) mass is 330 g/mol. The number of halogens is 1. The Morgan fingerprint density at radius 1 is 1.17 bits per heavy atom. The zero-order chi connectivity index (χ0) is 16.2. The number of carbonyl (C=O) groups excluding carboxylic acids is 2. The van der Waals surface area contributed by atoms with E-state index in [1.807, 2.05) is 24.3 Å². The van der Waals surface area contributed by atoms with E-state index in [1.165, 1.54) is 17.8 Å². The van der Waals surface area contributed by atoms with Crippen LogP contribution in [0.3, 0.4) is 0 Å². The van der Waals surface area contributed by atoms with Gasteiger partial charge in [-0.2, -0.15) is 0 Å². The maximum absolute atomic E-state index is 13.5. The summed E-state index contributed by atoms with van der Waals surface area (Å²) in [5.41, 5.74) is 1.19. The van der Waals surface area contributed by atoms with Crippen molar-refractivity contribution in [3.8, 4) is 0 Å². The highest BCUT2D eigenvalue weighted by atomic mass is 32.2. The summed E-state index contributed by atoms with van der Waals surface area (Å²) in [4.78, 5) is 25.0. The Kier molecular flexibility index (Phi) is 4.62. The second kappa shape index (κ2) is 6.83. The maximum atomic E-state index is 13.5. The van der Waals surface area contributed by atoms with Crippen molar-refractivity contribution >= 4 is 29.3 Å². The molecule has 2 aromatic carbocycles. The molecule has 0 saturated carbocycles. The van der Waals surface area contributed by atoms with Gasteiger partial charge in [-0.3, -0.25) is 9.59 Å². The lowest BCUT2D eigenvalue weighted by Crippen LogP contribution is -2.34. The topological polar surface area (TPSA) is 58.2 Å². The smallest absolute Gasteiger partial charge is 0.238 e. The third kappa shape index (κ3) is 3.71. The Morgan fingerprint density at radius 3 is 2.74 bits per heavy atom. The number of benzene rings is 2. The number of fused-ring (bicyclic) bond motifs is 1. The van der Waals surface area contributed by atoms with Gasteiger partial charge in [-0.1, -0.05) is 30.3 Å². The summed E-state index contributed by atoms with van der Waals surface area (Å²) < 4.78 is 13.5. The Hall–Kier alpha value is -2.34. The number of hydrogen-bond acceptors (Lipinski definition) is 3. The van der Waals surface area contributed by atoms with Gasteiger partial charge >= 0.3 is 0 Å². The fraction of sp³-hybridized carbons (Fsp3) is 0.176. The van der Waals surface area contributed by atoms with Gasteiger partial charge in [0.05, 0.1) is 10.9 Å². The van der Waals surface area contributed by atoms with Gasteiger partial charge in [0, 0.05) is 23.4 Å². The zero-order valence-electron chi connectivity index (χ0n) is 12.2. The molecule has 0 aromatic heterocycles. The average Bonchev–Trinajstić information content (AvgIpc) is 2.55. The molecule has 3 rings (SSSR count). The van der Waals surface area contributed by atoms with Crippen LogP contribution in [0.5, 0.6) is 0 Å². The largest absolute Gasteiger partial charge is 0.352 e. The third-order valence-corrected chi connectivity index (χ3v) is 4.79. The number of carbonyl (C=O) groups is 2. The molecular formula is C17H15FN2O2S. The van der Waals surface area contributed by atoms with E-state index in [1.54, 1.807) is 18.2 Å². The van der Waals surface area contributed by atoms with Gasteiger partial charge in [-0.15, -0.1) is 11.8 Å². The number of amides is 2. The van der Waals surface area contributed by atoms with E-state index >= 15 is 0 Å². The van der Waals surface area contributed by atoms with Crippen LogP contribution in [0.1, 0.15) is 12.0 Å². The standard InChI is InChI=1S/C17H15FN2O2S/c18-12-6-2-1-5-11(12)10-19-16(21)9-15-17(22)20-13-7-3-4-8-14(13)23-15/h1-8,15H,9-10H2,(H,19,21)(H,20,22). The van der Waals surface area contributed by atoms with Crippen molar-refractivity contribution in [1.82, 2.24) is 5.32 Å². The molecule has 0 fully saturated rings. The molecular weight excluding hydrogens is 315 g/mol.